The van der Waals surface area contributed by atoms with Gasteiger partial charge in [0.1, 0.15) is 5.69 Å². The van der Waals surface area contributed by atoms with E-state index >= 15 is 0 Å². The first-order valence-corrected chi connectivity index (χ1v) is 6.59. The normalized spacial score (nSPS) is 10.8. The Morgan fingerprint density at radius 3 is 2.68 bits per heavy atom. The first-order valence-electron chi connectivity index (χ1n) is 6.59. The fourth-order valence-electron chi connectivity index (χ4n) is 2.46. The Balaban J connectivity index is 2.59. The SMILES string of the molecule is CCCCCc1c([N+](=O)[O-])c(N)cc2ccccc12. The summed E-state index contributed by atoms with van der Waals surface area (Å²) in [5.74, 6) is 0. The quantitative estimate of drug-likeness (QED) is 0.380. The van der Waals surface area contributed by atoms with Crippen molar-refractivity contribution in [3.8, 4) is 0 Å². The number of unbranched alkanes of at least 4 members (excludes halogenated alkanes) is 2. The van der Waals surface area contributed by atoms with Crippen LogP contribution in [-0.4, -0.2) is 4.92 Å². The monoisotopic (exact) mass is 258 g/mol. The van der Waals surface area contributed by atoms with Crippen LogP contribution >= 0.6 is 0 Å². The highest BCUT2D eigenvalue weighted by Crippen LogP contribution is 2.34. The summed E-state index contributed by atoms with van der Waals surface area (Å²) in [6.07, 6.45) is 3.81. The number of rotatable bonds is 5. The molecule has 4 heteroatoms. The minimum absolute atomic E-state index is 0.0785. The molecule has 0 atom stereocenters. The first kappa shape index (κ1) is 13.3. The number of hydrogen-bond acceptors (Lipinski definition) is 3. The zero-order chi connectivity index (χ0) is 13.8. The number of hydrogen-bond donors (Lipinski definition) is 1. The zero-order valence-corrected chi connectivity index (χ0v) is 11.1. The van der Waals surface area contributed by atoms with Crippen molar-refractivity contribution in [2.24, 2.45) is 0 Å². The van der Waals surface area contributed by atoms with Crippen molar-refractivity contribution in [1.29, 1.82) is 0 Å². The number of anilines is 1. The second-order valence-corrected chi connectivity index (χ2v) is 4.73. The Hall–Kier alpha value is -2.10. The Labute approximate surface area is 112 Å². The van der Waals surface area contributed by atoms with Gasteiger partial charge in [0.05, 0.1) is 4.92 Å². The van der Waals surface area contributed by atoms with Crippen LogP contribution in [0.15, 0.2) is 30.3 Å². The molecule has 0 heterocycles. The fourth-order valence-corrected chi connectivity index (χ4v) is 2.46. The van der Waals surface area contributed by atoms with Crippen LogP contribution in [0.25, 0.3) is 10.8 Å². The van der Waals surface area contributed by atoms with Crippen LogP contribution in [0.3, 0.4) is 0 Å². The summed E-state index contributed by atoms with van der Waals surface area (Å²) < 4.78 is 0. The average Bonchev–Trinajstić information content (AvgIpc) is 2.38. The summed E-state index contributed by atoms with van der Waals surface area (Å²) in [6.45, 7) is 2.12. The highest BCUT2D eigenvalue weighted by molar-refractivity contribution is 5.93. The standard InChI is InChI=1S/C15H18N2O2/c1-2-3-4-9-13-12-8-6-5-7-11(12)10-14(16)15(13)17(18)19/h5-8,10H,2-4,9,16H2,1H3. The molecule has 2 aromatic carbocycles. The van der Waals surface area contributed by atoms with Gasteiger partial charge in [-0.1, -0.05) is 44.0 Å². The molecular weight excluding hydrogens is 240 g/mol. The Bertz CT molecular complexity index is 608. The lowest BCUT2D eigenvalue weighted by Crippen LogP contribution is -2.02. The summed E-state index contributed by atoms with van der Waals surface area (Å²) in [7, 11) is 0. The van der Waals surface area contributed by atoms with E-state index in [0.717, 1.165) is 35.6 Å². The van der Waals surface area contributed by atoms with E-state index in [0.29, 0.717) is 6.42 Å². The van der Waals surface area contributed by atoms with Crippen molar-refractivity contribution < 1.29 is 4.92 Å². The predicted molar refractivity (Wildman–Crippen MR) is 78.2 cm³/mol. The molecule has 0 bridgehead atoms. The van der Waals surface area contributed by atoms with Gasteiger partial charge >= 0.3 is 0 Å². The molecule has 4 nitrogen and oxygen atoms in total. The molecule has 100 valence electrons. The minimum atomic E-state index is -0.358. The van der Waals surface area contributed by atoms with Gasteiger partial charge < -0.3 is 5.73 Å². The molecule has 0 amide bonds. The fraction of sp³-hybridized carbons (Fsp3) is 0.333. The third kappa shape index (κ3) is 2.67. The van der Waals surface area contributed by atoms with Crippen LogP contribution in [0.1, 0.15) is 31.7 Å². The second kappa shape index (κ2) is 5.69. The van der Waals surface area contributed by atoms with Gasteiger partial charge in [-0.3, -0.25) is 10.1 Å². The Morgan fingerprint density at radius 2 is 2.00 bits per heavy atom. The molecule has 0 radical (unpaired) electrons. The lowest BCUT2D eigenvalue weighted by Gasteiger charge is -2.09. The maximum Gasteiger partial charge on any atom is 0.295 e. The van der Waals surface area contributed by atoms with Crippen LogP contribution in [0.4, 0.5) is 11.4 Å². The van der Waals surface area contributed by atoms with Crippen LogP contribution in [0.5, 0.6) is 0 Å². The van der Waals surface area contributed by atoms with E-state index in [9.17, 15) is 10.1 Å². The summed E-state index contributed by atoms with van der Waals surface area (Å²) in [5, 5.41) is 13.2. The molecule has 0 unspecified atom stereocenters. The lowest BCUT2D eigenvalue weighted by molar-refractivity contribution is -0.384. The van der Waals surface area contributed by atoms with E-state index in [-0.39, 0.29) is 16.3 Å². The lowest BCUT2D eigenvalue weighted by atomic mass is 9.97. The molecule has 0 saturated heterocycles. The van der Waals surface area contributed by atoms with Crippen molar-refractivity contribution in [2.75, 3.05) is 5.73 Å². The molecule has 2 rings (SSSR count). The average molecular weight is 258 g/mol. The zero-order valence-electron chi connectivity index (χ0n) is 11.1. The molecular formula is C15H18N2O2. The Kier molecular flexibility index (Phi) is 4.00. The van der Waals surface area contributed by atoms with Crippen LogP contribution in [0, 0.1) is 10.1 Å². The van der Waals surface area contributed by atoms with E-state index in [1.54, 1.807) is 6.07 Å². The van der Waals surface area contributed by atoms with Gasteiger partial charge in [-0.2, -0.15) is 0 Å². The predicted octanol–water partition coefficient (Wildman–Crippen LogP) is 4.06. The third-order valence-electron chi connectivity index (χ3n) is 3.37. The largest absolute Gasteiger partial charge is 0.393 e. The van der Waals surface area contributed by atoms with Gasteiger partial charge in [0, 0.05) is 5.56 Å². The number of nitrogens with zero attached hydrogens (tertiary/aromatic N) is 1. The number of aryl methyl sites for hydroxylation is 1. The first-order chi connectivity index (χ1) is 9.15. The molecule has 2 N–H and O–H groups in total. The number of benzene rings is 2. The van der Waals surface area contributed by atoms with Crippen molar-refractivity contribution in [1.82, 2.24) is 0 Å². The van der Waals surface area contributed by atoms with E-state index in [4.69, 9.17) is 5.73 Å². The van der Waals surface area contributed by atoms with Gasteiger partial charge in [-0.15, -0.1) is 0 Å². The molecule has 0 aliphatic rings. The van der Waals surface area contributed by atoms with E-state index in [1.807, 2.05) is 24.3 Å². The number of nitro groups is 1. The molecule has 0 aliphatic heterocycles. The van der Waals surface area contributed by atoms with Crippen LogP contribution < -0.4 is 5.73 Å². The number of nitro benzene ring substituents is 1. The molecule has 0 spiro atoms. The van der Waals surface area contributed by atoms with E-state index in [1.165, 1.54) is 0 Å². The molecule has 2 aromatic rings. The maximum atomic E-state index is 11.2. The number of nitrogens with two attached hydrogens (primary N) is 1. The topological polar surface area (TPSA) is 69.2 Å². The second-order valence-electron chi connectivity index (χ2n) is 4.73. The van der Waals surface area contributed by atoms with Crippen molar-refractivity contribution in [3.05, 3.63) is 46.0 Å². The number of nitrogen functional groups attached to an aromatic ring is 1. The van der Waals surface area contributed by atoms with Gasteiger partial charge in [-0.05, 0) is 29.7 Å². The summed E-state index contributed by atoms with van der Waals surface area (Å²) in [4.78, 5) is 10.9. The molecule has 0 aromatic heterocycles. The van der Waals surface area contributed by atoms with E-state index < -0.39 is 0 Å². The smallest absolute Gasteiger partial charge is 0.295 e. The summed E-state index contributed by atoms with van der Waals surface area (Å²) in [6, 6.07) is 9.40. The third-order valence-corrected chi connectivity index (χ3v) is 3.37. The maximum absolute atomic E-state index is 11.2. The van der Waals surface area contributed by atoms with Crippen molar-refractivity contribution in [2.45, 2.75) is 32.6 Å². The molecule has 0 aliphatic carbocycles. The molecule has 0 saturated carbocycles. The summed E-state index contributed by atoms with van der Waals surface area (Å²) >= 11 is 0. The van der Waals surface area contributed by atoms with Gasteiger partial charge in [0.25, 0.3) is 5.69 Å². The van der Waals surface area contributed by atoms with Crippen molar-refractivity contribution in [3.63, 3.8) is 0 Å². The Morgan fingerprint density at radius 1 is 1.26 bits per heavy atom. The molecule has 19 heavy (non-hydrogen) atoms. The highest BCUT2D eigenvalue weighted by Gasteiger charge is 2.20. The summed E-state index contributed by atoms with van der Waals surface area (Å²) in [5.41, 5.74) is 6.96. The van der Waals surface area contributed by atoms with Gasteiger partial charge in [0.2, 0.25) is 0 Å². The van der Waals surface area contributed by atoms with Crippen LogP contribution in [0.2, 0.25) is 0 Å². The number of fused-ring (bicyclic) bond motifs is 1. The van der Waals surface area contributed by atoms with E-state index in [2.05, 4.69) is 6.92 Å². The molecule has 0 fully saturated rings. The van der Waals surface area contributed by atoms with Gasteiger partial charge in [-0.25, -0.2) is 0 Å². The van der Waals surface area contributed by atoms with Crippen LogP contribution in [-0.2, 0) is 6.42 Å². The highest BCUT2D eigenvalue weighted by atomic mass is 16.6. The van der Waals surface area contributed by atoms with Crippen molar-refractivity contribution >= 4 is 22.1 Å². The minimum Gasteiger partial charge on any atom is -0.393 e. The van der Waals surface area contributed by atoms with Gasteiger partial charge in [0.15, 0.2) is 0 Å².